The van der Waals surface area contributed by atoms with Crippen LogP contribution in [0.4, 0.5) is 4.39 Å². The minimum absolute atomic E-state index is 0.306. The van der Waals surface area contributed by atoms with E-state index in [0.717, 1.165) is 5.56 Å². The second kappa shape index (κ2) is 5.17. The fourth-order valence-electron chi connectivity index (χ4n) is 3.03. The molecule has 0 radical (unpaired) electrons. The highest BCUT2D eigenvalue weighted by Gasteiger charge is 2.41. The monoisotopic (exact) mass is 313 g/mol. The number of fused-ring (bicyclic) bond motifs is 3. The highest BCUT2D eigenvalue weighted by atomic mass is 19.1. The standard InChI is InChI=1S/C17H16FN3O2/c1-17(23-2)11-4-3-5-13(18)14(11)10-7-6-9(8-12(10)17)15(22)21-16(19)20/h3-8H,1-2H3,(H4,19,20,21,22). The van der Waals surface area contributed by atoms with Crippen LogP contribution < -0.4 is 11.5 Å². The van der Waals surface area contributed by atoms with Gasteiger partial charge >= 0.3 is 0 Å². The number of carbonyl (C=O) groups excluding carboxylic acids is 1. The molecule has 6 heteroatoms. The van der Waals surface area contributed by atoms with E-state index in [2.05, 4.69) is 4.99 Å². The average Bonchev–Trinajstić information content (AvgIpc) is 2.78. The van der Waals surface area contributed by atoms with Gasteiger partial charge in [0.1, 0.15) is 11.4 Å². The Labute approximate surface area is 132 Å². The third-order valence-electron chi connectivity index (χ3n) is 4.22. The van der Waals surface area contributed by atoms with Crippen LogP contribution in [0.5, 0.6) is 0 Å². The topological polar surface area (TPSA) is 90.7 Å². The number of guanidine groups is 1. The molecule has 1 atom stereocenters. The molecular formula is C17H16FN3O2. The van der Waals surface area contributed by atoms with Crippen LogP contribution in [0.25, 0.3) is 11.1 Å². The Morgan fingerprint density at radius 3 is 2.61 bits per heavy atom. The van der Waals surface area contributed by atoms with Gasteiger partial charge in [0.2, 0.25) is 0 Å². The Morgan fingerprint density at radius 1 is 1.22 bits per heavy atom. The number of nitrogens with two attached hydrogens (primary N) is 2. The Kier molecular flexibility index (Phi) is 3.41. The lowest BCUT2D eigenvalue weighted by Gasteiger charge is -2.25. The van der Waals surface area contributed by atoms with Crippen molar-refractivity contribution in [2.75, 3.05) is 7.11 Å². The van der Waals surface area contributed by atoms with Crippen LogP contribution in [0.15, 0.2) is 41.4 Å². The fraction of sp³-hybridized carbons (Fsp3) is 0.176. The van der Waals surface area contributed by atoms with Crippen molar-refractivity contribution in [2.24, 2.45) is 16.5 Å². The van der Waals surface area contributed by atoms with Gasteiger partial charge in [-0.1, -0.05) is 18.2 Å². The summed E-state index contributed by atoms with van der Waals surface area (Å²) in [6, 6.07) is 9.78. The molecule has 0 saturated carbocycles. The van der Waals surface area contributed by atoms with Gasteiger partial charge in [-0.2, -0.15) is 4.99 Å². The maximum atomic E-state index is 14.3. The smallest absolute Gasteiger partial charge is 0.280 e. The number of benzene rings is 2. The highest BCUT2D eigenvalue weighted by molar-refractivity contribution is 6.02. The van der Waals surface area contributed by atoms with Crippen LogP contribution >= 0.6 is 0 Å². The molecule has 0 aliphatic heterocycles. The van der Waals surface area contributed by atoms with Gasteiger partial charge in [0.25, 0.3) is 5.91 Å². The lowest BCUT2D eigenvalue weighted by Crippen LogP contribution is -2.25. The van der Waals surface area contributed by atoms with Gasteiger partial charge < -0.3 is 16.2 Å². The Morgan fingerprint density at radius 2 is 1.96 bits per heavy atom. The Hall–Kier alpha value is -2.73. The van der Waals surface area contributed by atoms with E-state index in [1.165, 1.54) is 6.07 Å². The first-order valence-electron chi connectivity index (χ1n) is 7.01. The van der Waals surface area contributed by atoms with E-state index in [1.54, 1.807) is 31.4 Å². The molecule has 0 fully saturated rings. The number of nitrogens with zero attached hydrogens (tertiary/aromatic N) is 1. The van der Waals surface area contributed by atoms with Crippen molar-refractivity contribution in [1.29, 1.82) is 0 Å². The van der Waals surface area contributed by atoms with Crippen molar-refractivity contribution in [2.45, 2.75) is 12.5 Å². The third kappa shape index (κ3) is 2.19. The number of hydrogen-bond donors (Lipinski definition) is 2. The lowest BCUT2D eigenvalue weighted by atomic mass is 9.92. The summed E-state index contributed by atoms with van der Waals surface area (Å²) in [5.74, 6) is -1.19. The molecule has 4 N–H and O–H groups in total. The Balaban J connectivity index is 2.23. The van der Waals surface area contributed by atoms with Gasteiger partial charge in [0, 0.05) is 18.2 Å². The summed E-state index contributed by atoms with van der Waals surface area (Å²) >= 11 is 0. The molecule has 1 aliphatic rings. The molecule has 2 aromatic rings. The van der Waals surface area contributed by atoms with E-state index in [-0.39, 0.29) is 11.8 Å². The van der Waals surface area contributed by atoms with Crippen molar-refractivity contribution >= 4 is 11.9 Å². The third-order valence-corrected chi connectivity index (χ3v) is 4.22. The number of carbonyl (C=O) groups is 1. The van der Waals surface area contributed by atoms with Gasteiger partial charge in [-0.3, -0.25) is 4.79 Å². The molecule has 0 bridgehead atoms. The Bertz CT molecular complexity index is 844. The zero-order chi connectivity index (χ0) is 16.8. The number of aliphatic imine (C=N–C) groups is 1. The van der Waals surface area contributed by atoms with Gasteiger partial charge in [0.05, 0.1) is 0 Å². The summed E-state index contributed by atoms with van der Waals surface area (Å²) in [4.78, 5) is 15.6. The van der Waals surface area contributed by atoms with Crippen molar-refractivity contribution < 1.29 is 13.9 Å². The molecule has 23 heavy (non-hydrogen) atoms. The van der Waals surface area contributed by atoms with E-state index in [4.69, 9.17) is 16.2 Å². The first-order valence-corrected chi connectivity index (χ1v) is 7.01. The molecule has 1 aliphatic carbocycles. The van der Waals surface area contributed by atoms with E-state index >= 15 is 0 Å². The van der Waals surface area contributed by atoms with Crippen LogP contribution in [0.2, 0.25) is 0 Å². The van der Waals surface area contributed by atoms with Crippen molar-refractivity contribution in [1.82, 2.24) is 0 Å². The molecule has 0 saturated heterocycles. The van der Waals surface area contributed by atoms with Crippen LogP contribution in [0.1, 0.15) is 28.4 Å². The number of ether oxygens (including phenoxy) is 1. The predicted octanol–water partition coefficient (Wildman–Crippen LogP) is 2.13. The summed E-state index contributed by atoms with van der Waals surface area (Å²) < 4.78 is 20.0. The number of hydrogen-bond acceptors (Lipinski definition) is 2. The first-order chi connectivity index (χ1) is 10.9. The van der Waals surface area contributed by atoms with Crippen LogP contribution in [-0.2, 0) is 10.3 Å². The average molecular weight is 313 g/mol. The molecule has 2 aromatic carbocycles. The summed E-state index contributed by atoms with van der Waals surface area (Å²) in [5.41, 5.74) is 12.6. The molecule has 3 rings (SSSR count). The quantitative estimate of drug-likeness (QED) is 0.656. The largest absolute Gasteiger partial charge is 0.370 e. The van der Waals surface area contributed by atoms with Gasteiger partial charge in [-0.05, 0) is 41.8 Å². The zero-order valence-electron chi connectivity index (χ0n) is 12.8. The number of halogens is 1. The maximum absolute atomic E-state index is 14.3. The molecule has 5 nitrogen and oxygen atoms in total. The van der Waals surface area contributed by atoms with Gasteiger partial charge in [0.15, 0.2) is 5.96 Å². The molecule has 118 valence electrons. The fourth-order valence-corrected chi connectivity index (χ4v) is 3.03. The van der Waals surface area contributed by atoms with Crippen LogP contribution in [0.3, 0.4) is 0 Å². The first kappa shape index (κ1) is 15.2. The second-order valence-corrected chi connectivity index (χ2v) is 5.50. The summed E-state index contributed by atoms with van der Waals surface area (Å²) in [5, 5.41) is 0. The van der Waals surface area contributed by atoms with E-state index in [9.17, 15) is 9.18 Å². The van der Waals surface area contributed by atoms with E-state index in [1.807, 2.05) is 13.0 Å². The minimum atomic E-state index is -0.846. The van der Waals surface area contributed by atoms with Crippen LogP contribution in [-0.4, -0.2) is 19.0 Å². The normalized spacial score (nSPS) is 18.2. The summed E-state index contributed by atoms with van der Waals surface area (Å²) in [7, 11) is 1.55. The van der Waals surface area contributed by atoms with E-state index in [0.29, 0.717) is 22.3 Å². The highest BCUT2D eigenvalue weighted by Crippen LogP contribution is 2.50. The second-order valence-electron chi connectivity index (χ2n) is 5.50. The SMILES string of the molecule is COC1(C)c2cc(C(=O)N=C(N)N)ccc2-c2c(F)cccc21. The van der Waals surface area contributed by atoms with E-state index < -0.39 is 11.5 Å². The van der Waals surface area contributed by atoms with Crippen molar-refractivity contribution in [3.8, 4) is 11.1 Å². The van der Waals surface area contributed by atoms with Crippen molar-refractivity contribution in [3.63, 3.8) is 0 Å². The van der Waals surface area contributed by atoms with Gasteiger partial charge in [-0.15, -0.1) is 0 Å². The molecular weight excluding hydrogens is 297 g/mol. The molecule has 1 unspecified atom stereocenters. The number of rotatable bonds is 2. The lowest BCUT2D eigenvalue weighted by molar-refractivity contribution is 0.0429. The summed E-state index contributed by atoms with van der Waals surface area (Å²) in [6.45, 7) is 1.84. The maximum Gasteiger partial charge on any atom is 0.280 e. The molecule has 0 aromatic heterocycles. The number of methoxy groups -OCH3 is 1. The van der Waals surface area contributed by atoms with Crippen LogP contribution in [0, 0.1) is 5.82 Å². The summed E-state index contributed by atoms with van der Waals surface area (Å²) in [6.07, 6.45) is 0. The molecule has 1 amide bonds. The molecule has 0 heterocycles. The zero-order valence-corrected chi connectivity index (χ0v) is 12.8. The number of amides is 1. The van der Waals surface area contributed by atoms with Gasteiger partial charge in [-0.25, -0.2) is 4.39 Å². The molecule has 0 spiro atoms. The minimum Gasteiger partial charge on any atom is -0.370 e. The predicted molar refractivity (Wildman–Crippen MR) is 85.4 cm³/mol. The van der Waals surface area contributed by atoms with Crippen molar-refractivity contribution in [3.05, 3.63) is 58.9 Å².